The summed E-state index contributed by atoms with van der Waals surface area (Å²) in [4.78, 5) is 10.9. The molecule has 3 N–H and O–H groups in total. The van der Waals surface area contributed by atoms with E-state index in [4.69, 9.17) is 4.74 Å². The standard InChI is InChI=1S/C24H29F2N7O/c1-3-33-15(2)12-17-18(33)5-6-19(21(17)25)34-24-22(26)23(29-14-30-24)31-20-7-4-16(13-28-20)32-10-8-27-9-11-32/h4-7,12-13,22,24,27,30H,3,8-11,14H2,1-2H3,(H,28,29,31). The third-order valence-corrected chi connectivity index (χ3v) is 6.32. The second-order valence-electron chi connectivity index (χ2n) is 8.45. The van der Waals surface area contributed by atoms with Crippen molar-refractivity contribution >= 4 is 28.2 Å². The fourth-order valence-electron chi connectivity index (χ4n) is 4.53. The molecule has 4 heterocycles. The molecular formula is C24H29F2N7O. The van der Waals surface area contributed by atoms with Crippen molar-refractivity contribution in [1.29, 1.82) is 0 Å². The number of piperazine rings is 1. The van der Waals surface area contributed by atoms with Gasteiger partial charge in [-0.3, -0.25) is 10.3 Å². The summed E-state index contributed by atoms with van der Waals surface area (Å²) in [5, 5.41) is 9.60. The smallest absolute Gasteiger partial charge is 0.207 e. The normalized spacial score (nSPS) is 20.9. The van der Waals surface area contributed by atoms with Crippen LogP contribution in [0, 0.1) is 12.7 Å². The molecule has 34 heavy (non-hydrogen) atoms. The van der Waals surface area contributed by atoms with Gasteiger partial charge in [0, 0.05) is 43.8 Å². The number of halogens is 2. The van der Waals surface area contributed by atoms with Gasteiger partial charge in [-0.15, -0.1) is 0 Å². The van der Waals surface area contributed by atoms with E-state index in [9.17, 15) is 0 Å². The molecule has 0 radical (unpaired) electrons. The zero-order chi connectivity index (χ0) is 23.7. The minimum Gasteiger partial charge on any atom is -0.469 e. The Labute approximate surface area is 197 Å². The van der Waals surface area contributed by atoms with Crippen molar-refractivity contribution in [1.82, 2.24) is 20.2 Å². The van der Waals surface area contributed by atoms with Crippen LogP contribution in [0.25, 0.3) is 10.9 Å². The van der Waals surface area contributed by atoms with Crippen LogP contribution in [0.15, 0.2) is 41.5 Å². The molecule has 2 aliphatic rings. The van der Waals surface area contributed by atoms with E-state index >= 15 is 8.78 Å². The van der Waals surface area contributed by atoms with E-state index in [0.717, 1.165) is 49.6 Å². The Balaban J connectivity index is 1.28. The van der Waals surface area contributed by atoms with Crippen molar-refractivity contribution in [3.05, 3.63) is 48.0 Å². The van der Waals surface area contributed by atoms with E-state index in [2.05, 4.69) is 30.8 Å². The SMILES string of the molecule is CCn1c(C)cc2c(F)c(OC3NCN=C(Nc4ccc(N5CCNCC5)cn4)C3F)ccc21. The maximum atomic E-state index is 15.3. The Morgan fingerprint density at radius 1 is 1.21 bits per heavy atom. The lowest BCUT2D eigenvalue weighted by Gasteiger charge is -2.29. The van der Waals surface area contributed by atoms with Gasteiger partial charge in [0.25, 0.3) is 0 Å². The number of rotatable bonds is 5. The molecule has 0 saturated carbocycles. The summed E-state index contributed by atoms with van der Waals surface area (Å²) in [6, 6.07) is 8.90. The Morgan fingerprint density at radius 3 is 2.76 bits per heavy atom. The van der Waals surface area contributed by atoms with Gasteiger partial charge in [0.1, 0.15) is 11.7 Å². The highest BCUT2D eigenvalue weighted by Gasteiger charge is 2.32. The van der Waals surface area contributed by atoms with Crippen molar-refractivity contribution in [3.8, 4) is 5.75 Å². The van der Waals surface area contributed by atoms with Crippen LogP contribution < -0.4 is 25.6 Å². The summed E-state index contributed by atoms with van der Waals surface area (Å²) >= 11 is 0. The van der Waals surface area contributed by atoms with Gasteiger partial charge in [-0.2, -0.15) is 0 Å². The number of anilines is 2. The number of aliphatic imine (C=N–C) groups is 1. The highest BCUT2D eigenvalue weighted by molar-refractivity contribution is 5.99. The number of nitrogens with zero attached hydrogens (tertiary/aromatic N) is 4. The number of fused-ring (bicyclic) bond motifs is 1. The molecule has 0 bridgehead atoms. The van der Waals surface area contributed by atoms with Gasteiger partial charge in [0.15, 0.2) is 17.8 Å². The number of benzene rings is 1. The first-order chi connectivity index (χ1) is 16.5. The van der Waals surface area contributed by atoms with Crippen LogP contribution in [0.4, 0.5) is 20.3 Å². The van der Waals surface area contributed by atoms with Crippen LogP contribution in [0.1, 0.15) is 12.6 Å². The van der Waals surface area contributed by atoms with Crippen molar-refractivity contribution in [2.75, 3.05) is 43.1 Å². The fourth-order valence-corrected chi connectivity index (χ4v) is 4.53. The number of aromatic nitrogens is 2. The van der Waals surface area contributed by atoms with Crippen molar-refractivity contribution in [3.63, 3.8) is 0 Å². The zero-order valence-electron chi connectivity index (χ0n) is 19.3. The number of alkyl halides is 1. The van der Waals surface area contributed by atoms with Gasteiger partial charge < -0.3 is 24.8 Å². The summed E-state index contributed by atoms with van der Waals surface area (Å²) in [6.07, 6.45) is -0.937. The molecule has 2 unspecified atom stereocenters. The molecular weight excluding hydrogens is 440 g/mol. The molecule has 3 aromatic rings. The molecule has 8 nitrogen and oxygen atoms in total. The summed E-state index contributed by atoms with van der Waals surface area (Å²) in [5.41, 5.74) is 2.77. The van der Waals surface area contributed by atoms with Crippen molar-refractivity contribution in [2.45, 2.75) is 32.8 Å². The zero-order valence-corrected chi connectivity index (χ0v) is 19.3. The molecule has 1 saturated heterocycles. The number of amidine groups is 1. The van der Waals surface area contributed by atoms with Crippen LogP contribution in [0.3, 0.4) is 0 Å². The van der Waals surface area contributed by atoms with E-state index in [1.807, 2.05) is 24.5 Å². The number of hydrogen-bond acceptors (Lipinski definition) is 7. The van der Waals surface area contributed by atoms with Gasteiger partial charge in [0.2, 0.25) is 6.17 Å². The molecule has 1 aromatic carbocycles. The predicted octanol–water partition coefficient (Wildman–Crippen LogP) is 3.03. The van der Waals surface area contributed by atoms with Crippen LogP contribution in [0.2, 0.25) is 0 Å². The van der Waals surface area contributed by atoms with Gasteiger partial charge in [-0.25, -0.2) is 13.8 Å². The average Bonchev–Trinajstić information content (AvgIpc) is 3.20. The molecule has 1 fully saturated rings. The number of aryl methyl sites for hydroxylation is 2. The molecule has 2 aliphatic heterocycles. The van der Waals surface area contributed by atoms with Gasteiger partial charge >= 0.3 is 0 Å². The summed E-state index contributed by atoms with van der Waals surface area (Å²) < 4.78 is 38.2. The largest absolute Gasteiger partial charge is 0.469 e. The quantitative estimate of drug-likeness (QED) is 0.533. The van der Waals surface area contributed by atoms with E-state index in [-0.39, 0.29) is 18.3 Å². The molecule has 5 rings (SSSR count). The molecule has 2 aromatic heterocycles. The molecule has 10 heteroatoms. The Hall–Kier alpha value is -3.24. The van der Waals surface area contributed by atoms with E-state index in [1.54, 1.807) is 30.5 Å². The van der Waals surface area contributed by atoms with E-state index in [1.165, 1.54) is 0 Å². The molecule has 0 spiro atoms. The molecule has 0 aliphatic carbocycles. The van der Waals surface area contributed by atoms with Gasteiger partial charge in [0.05, 0.1) is 24.1 Å². The van der Waals surface area contributed by atoms with Crippen LogP contribution in [-0.2, 0) is 6.54 Å². The van der Waals surface area contributed by atoms with Gasteiger partial charge in [-0.05, 0) is 44.2 Å². The maximum Gasteiger partial charge on any atom is 0.207 e. The minimum absolute atomic E-state index is 0.000604. The maximum absolute atomic E-state index is 15.3. The lowest BCUT2D eigenvalue weighted by atomic mass is 10.2. The van der Waals surface area contributed by atoms with Gasteiger partial charge in [-0.1, -0.05) is 0 Å². The minimum atomic E-state index is -1.62. The fraction of sp³-hybridized carbons (Fsp3) is 0.417. The summed E-state index contributed by atoms with van der Waals surface area (Å²) in [7, 11) is 0. The highest BCUT2D eigenvalue weighted by atomic mass is 19.1. The van der Waals surface area contributed by atoms with Crippen LogP contribution in [0.5, 0.6) is 5.75 Å². The number of nitrogens with one attached hydrogen (secondary N) is 3. The van der Waals surface area contributed by atoms with Crippen molar-refractivity contribution in [2.24, 2.45) is 4.99 Å². The first-order valence-electron chi connectivity index (χ1n) is 11.6. The number of hydrogen-bond donors (Lipinski definition) is 3. The van der Waals surface area contributed by atoms with Crippen molar-refractivity contribution < 1.29 is 13.5 Å². The topological polar surface area (TPSA) is 78.7 Å². The average molecular weight is 470 g/mol. The second-order valence-corrected chi connectivity index (χ2v) is 8.45. The molecule has 180 valence electrons. The lowest BCUT2D eigenvalue weighted by molar-refractivity contribution is 0.0948. The van der Waals surface area contributed by atoms with E-state index in [0.29, 0.717) is 11.2 Å². The first kappa shape index (κ1) is 22.5. The Morgan fingerprint density at radius 2 is 2.03 bits per heavy atom. The Kier molecular flexibility index (Phi) is 6.34. The predicted molar refractivity (Wildman–Crippen MR) is 130 cm³/mol. The summed E-state index contributed by atoms with van der Waals surface area (Å²) in [6.45, 7) is 8.53. The molecule has 0 amide bonds. The first-order valence-corrected chi connectivity index (χ1v) is 11.6. The van der Waals surface area contributed by atoms with Crippen LogP contribution in [-0.4, -0.2) is 60.6 Å². The Bertz CT molecular complexity index is 1190. The second kappa shape index (κ2) is 9.55. The lowest BCUT2D eigenvalue weighted by Crippen LogP contribution is -2.52. The third-order valence-electron chi connectivity index (χ3n) is 6.32. The van der Waals surface area contributed by atoms with Crippen LogP contribution >= 0.6 is 0 Å². The highest BCUT2D eigenvalue weighted by Crippen LogP contribution is 2.30. The summed E-state index contributed by atoms with van der Waals surface area (Å²) in [5.74, 6) is 0.0928. The molecule has 2 atom stereocenters. The third kappa shape index (κ3) is 4.30. The monoisotopic (exact) mass is 469 g/mol. The number of ether oxygens (including phenoxy) is 1. The number of pyridine rings is 1. The van der Waals surface area contributed by atoms with E-state index < -0.39 is 18.2 Å².